The van der Waals surface area contributed by atoms with Gasteiger partial charge in [-0.15, -0.1) is 21.5 Å². The molecule has 6 nitrogen and oxygen atoms in total. The Balaban J connectivity index is 1.79. The summed E-state index contributed by atoms with van der Waals surface area (Å²) in [5.41, 5.74) is 1.80. The molecule has 3 rings (SSSR count). The number of amides is 1. The predicted octanol–water partition coefficient (Wildman–Crippen LogP) is 2.95. The zero-order chi connectivity index (χ0) is 15.7. The second-order valence-corrected chi connectivity index (χ2v) is 6.74. The monoisotopic (exact) mass is 315 g/mol. The third-order valence-corrected chi connectivity index (χ3v) is 4.17. The molecule has 0 fully saturated rings. The van der Waals surface area contributed by atoms with Crippen LogP contribution in [-0.4, -0.2) is 25.5 Å². The Kier molecular flexibility index (Phi) is 3.89. The summed E-state index contributed by atoms with van der Waals surface area (Å²) < 4.78 is 1.75. The van der Waals surface area contributed by atoms with Gasteiger partial charge >= 0.3 is 0 Å². The van der Waals surface area contributed by atoms with Crippen molar-refractivity contribution in [3.05, 3.63) is 40.0 Å². The summed E-state index contributed by atoms with van der Waals surface area (Å²) >= 11 is 1.42. The lowest BCUT2D eigenvalue weighted by atomic mass is 10.1. The molecule has 0 saturated heterocycles. The zero-order valence-corrected chi connectivity index (χ0v) is 13.5. The van der Waals surface area contributed by atoms with E-state index in [2.05, 4.69) is 34.3 Å². The van der Waals surface area contributed by atoms with Gasteiger partial charge in [-0.25, -0.2) is 4.98 Å². The quantitative estimate of drug-likeness (QED) is 0.803. The molecule has 0 spiro atoms. The summed E-state index contributed by atoms with van der Waals surface area (Å²) in [7, 11) is 0. The van der Waals surface area contributed by atoms with E-state index in [4.69, 9.17) is 0 Å². The van der Waals surface area contributed by atoms with Crippen LogP contribution >= 0.6 is 11.3 Å². The molecule has 0 unspecified atom stereocenters. The number of hydrogen-bond donors (Lipinski definition) is 1. The summed E-state index contributed by atoms with van der Waals surface area (Å²) in [4.78, 5) is 17.2. The molecule has 3 aromatic rings. The zero-order valence-electron chi connectivity index (χ0n) is 12.7. The van der Waals surface area contributed by atoms with Gasteiger partial charge in [0.15, 0.2) is 5.65 Å². The van der Waals surface area contributed by atoms with Crippen molar-refractivity contribution in [1.82, 2.24) is 19.6 Å². The van der Waals surface area contributed by atoms with Crippen molar-refractivity contribution >= 4 is 28.8 Å². The van der Waals surface area contributed by atoms with Gasteiger partial charge in [-0.1, -0.05) is 13.8 Å². The van der Waals surface area contributed by atoms with Crippen molar-refractivity contribution in [1.29, 1.82) is 0 Å². The van der Waals surface area contributed by atoms with Crippen molar-refractivity contribution in [2.45, 2.75) is 27.2 Å². The van der Waals surface area contributed by atoms with Crippen LogP contribution in [0.25, 0.3) is 5.65 Å². The smallest absolute Gasteiger partial charge is 0.269 e. The molecule has 114 valence electrons. The predicted molar refractivity (Wildman–Crippen MR) is 86.3 cm³/mol. The van der Waals surface area contributed by atoms with Crippen LogP contribution in [-0.2, 0) is 6.42 Å². The number of anilines is 1. The third-order valence-electron chi connectivity index (χ3n) is 3.15. The lowest BCUT2D eigenvalue weighted by molar-refractivity contribution is 0.102. The average Bonchev–Trinajstić information content (AvgIpc) is 3.05. The lowest BCUT2D eigenvalue weighted by Crippen LogP contribution is -2.12. The molecule has 0 aliphatic heterocycles. The average molecular weight is 315 g/mol. The van der Waals surface area contributed by atoms with E-state index in [-0.39, 0.29) is 5.91 Å². The second kappa shape index (κ2) is 5.84. The van der Waals surface area contributed by atoms with E-state index in [1.807, 2.05) is 25.3 Å². The fourth-order valence-corrected chi connectivity index (χ4v) is 3.12. The van der Waals surface area contributed by atoms with Gasteiger partial charge in [0.2, 0.25) is 5.95 Å². The molecule has 0 atom stereocenters. The summed E-state index contributed by atoms with van der Waals surface area (Å²) in [5, 5.41) is 11.8. The molecule has 0 saturated carbocycles. The highest BCUT2D eigenvalue weighted by atomic mass is 32.1. The number of nitrogens with one attached hydrogen (secondary N) is 1. The van der Waals surface area contributed by atoms with E-state index in [0.717, 1.165) is 17.0 Å². The minimum absolute atomic E-state index is 0.206. The van der Waals surface area contributed by atoms with Crippen molar-refractivity contribution < 1.29 is 4.79 Å². The Hall–Kier alpha value is -2.28. The van der Waals surface area contributed by atoms with Gasteiger partial charge < -0.3 is 0 Å². The minimum atomic E-state index is -0.206. The van der Waals surface area contributed by atoms with E-state index in [1.54, 1.807) is 10.6 Å². The Morgan fingerprint density at radius 2 is 2.23 bits per heavy atom. The first-order valence-electron chi connectivity index (χ1n) is 7.10. The summed E-state index contributed by atoms with van der Waals surface area (Å²) in [6.07, 6.45) is 4.34. The van der Waals surface area contributed by atoms with Crippen LogP contribution in [0.3, 0.4) is 0 Å². The van der Waals surface area contributed by atoms with Crippen molar-refractivity contribution in [3.63, 3.8) is 0 Å². The van der Waals surface area contributed by atoms with E-state index < -0.39 is 0 Å². The first-order chi connectivity index (χ1) is 10.5. The maximum Gasteiger partial charge on any atom is 0.269 e. The van der Waals surface area contributed by atoms with Crippen molar-refractivity contribution in [3.8, 4) is 0 Å². The number of carbonyl (C=O) groups is 1. The van der Waals surface area contributed by atoms with E-state index in [0.29, 0.717) is 22.4 Å². The number of aryl methyl sites for hydroxylation is 1. The van der Waals surface area contributed by atoms with Crippen LogP contribution < -0.4 is 5.32 Å². The number of fused-ring (bicyclic) bond motifs is 1. The van der Waals surface area contributed by atoms with Crippen LogP contribution in [0.5, 0.6) is 0 Å². The topological polar surface area (TPSA) is 72.2 Å². The van der Waals surface area contributed by atoms with Crippen LogP contribution in [0, 0.1) is 12.8 Å². The Labute approximate surface area is 132 Å². The molecular formula is C15H17N5OS. The molecule has 0 aromatic carbocycles. The first-order valence-corrected chi connectivity index (χ1v) is 7.92. The van der Waals surface area contributed by atoms with Crippen molar-refractivity contribution in [2.24, 2.45) is 5.92 Å². The van der Waals surface area contributed by atoms with Crippen LogP contribution in [0.15, 0.2) is 24.5 Å². The van der Waals surface area contributed by atoms with Gasteiger partial charge in [-0.05, 0) is 30.5 Å². The second-order valence-electron chi connectivity index (χ2n) is 5.63. The molecule has 0 aliphatic carbocycles. The molecule has 0 radical (unpaired) electrons. The third kappa shape index (κ3) is 2.99. The number of aromatic nitrogens is 4. The number of carbonyl (C=O) groups excluding carboxylic acids is 1. The highest BCUT2D eigenvalue weighted by Crippen LogP contribution is 2.18. The Morgan fingerprint density at radius 1 is 1.41 bits per heavy atom. The summed E-state index contributed by atoms with van der Waals surface area (Å²) in [6.45, 7) is 6.25. The summed E-state index contributed by atoms with van der Waals surface area (Å²) in [6, 6.07) is 3.86. The Morgan fingerprint density at radius 3 is 3.00 bits per heavy atom. The molecule has 0 aliphatic rings. The maximum atomic E-state index is 12.3. The van der Waals surface area contributed by atoms with Crippen LogP contribution in [0.2, 0.25) is 0 Å². The summed E-state index contributed by atoms with van der Waals surface area (Å²) in [5.74, 6) is 0.729. The SMILES string of the molecule is Cc1ccn2c(NC(=O)c3cnc(CC(C)C)s3)nnc2c1. The fourth-order valence-electron chi connectivity index (χ4n) is 2.10. The molecular weight excluding hydrogens is 298 g/mol. The number of thiazole rings is 1. The number of hydrogen-bond acceptors (Lipinski definition) is 5. The Bertz CT molecular complexity index is 820. The van der Waals surface area contributed by atoms with Gasteiger partial charge in [0.05, 0.1) is 11.2 Å². The fraction of sp³-hybridized carbons (Fsp3) is 0.333. The maximum absolute atomic E-state index is 12.3. The molecule has 7 heteroatoms. The van der Waals surface area contributed by atoms with Crippen molar-refractivity contribution in [2.75, 3.05) is 5.32 Å². The van der Waals surface area contributed by atoms with Gasteiger partial charge in [0.25, 0.3) is 5.91 Å². The highest BCUT2D eigenvalue weighted by molar-refractivity contribution is 7.13. The van der Waals surface area contributed by atoms with E-state index in [9.17, 15) is 4.79 Å². The molecule has 3 heterocycles. The number of nitrogens with zero attached hydrogens (tertiary/aromatic N) is 4. The van der Waals surface area contributed by atoms with E-state index in [1.165, 1.54) is 11.3 Å². The first kappa shape index (κ1) is 14.6. The molecule has 22 heavy (non-hydrogen) atoms. The van der Waals surface area contributed by atoms with Crippen LogP contribution in [0.4, 0.5) is 5.95 Å². The number of rotatable bonds is 4. The van der Waals surface area contributed by atoms with Gasteiger partial charge in [-0.3, -0.25) is 14.5 Å². The van der Waals surface area contributed by atoms with Gasteiger partial charge in [-0.2, -0.15) is 0 Å². The molecule has 3 aromatic heterocycles. The molecule has 0 bridgehead atoms. The van der Waals surface area contributed by atoms with Gasteiger partial charge in [0, 0.05) is 12.6 Å². The highest BCUT2D eigenvalue weighted by Gasteiger charge is 2.14. The van der Waals surface area contributed by atoms with Crippen LogP contribution in [0.1, 0.15) is 34.1 Å². The molecule has 1 N–H and O–H groups in total. The standard InChI is InChI=1S/C15H17N5OS/c1-9(2)6-13-16-8-11(22-13)14(21)17-15-19-18-12-7-10(3)4-5-20(12)15/h4-5,7-9H,6H2,1-3H3,(H,17,19,21). The largest absolute Gasteiger partial charge is 0.289 e. The lowest BCUT2D eigenvalue weighted by Gasteiger charge is -2.01. The van der Waals surface area contributed by atoms with E-state index >= 15 is 0 Å². The normalized spacial score (nSPS) is 11.3. The number of pyridine rings is 1. The molecule has 1 amide bonds. The minimum Gasteiger partial charge on any atom is -0.289 e. The van der Waals surface area contributed by atoms with Gasteiger partial charge in [0.1, 0.15) is 4.88 Å².